The number of benzene rings is 2. The summed E-state index contributed by atoms with van der Waals surface area (Å²) in [4.78, 5) is 24.6. The van der Waals surface area contributed by atoms with Crippen LogP contribution in [0.1, 0.15) is 31.0 Å². The number of carbonyl (C=O) groups excluding carboxylic acids is 1. The molecule has 0 fully saturated rings. The van der Waals surface area contributed by atoms with E-state index in [1.54, 1.807) is 37.4 Å². The molecule has 7 nitrogen and oxygen atoms in total. The molecule has 2 aromatic rings. The lowest BCUT2D eigenvalue weighted by molar-refractivity contribution is -0.384. The van der Waals surface area contributed by atoms with Gasteiger partial charge in [0.1, 0.15) is 0 Å². The number of hydrogen-bond acceptors (Lipinski definition) is 5. The molecule has 1 amide bonds. The van der Waals surface area contributed by atoms with Crippen molar-refractivity contribution >= 4 is 29.3 Å². The first-order chi connectivity index (χ1) is 13.8. The van der Waals surface area contributed by atoms with Gasteiger partial charge in [-0.05, 0) is 43.2 Å². The number of amides is 1. The van der Waals surface area contributed by atoms with Crippen molar-refractivity contribution in [3.8, 4) is 11.5 Å². The number of hydrogen-bond donors (Lipinski definition) is 0. The maximum Gasteiger partial charge on any atom is 0.269 e. The molecule has 2 rings (SSSR count). The minimum Gasteiger partial charge on any atom is -0.493 e. The zero-order chi connectivity index (χ0) is 21.6. The Morgan fingerprint density at radius 2 is 2.07 bits per heavy atom. The van der Waals surface area contributed by atoms with Crippen LogP contribution < -0.4 is 9.47 Å². The van der Waals surface area contributed by atoms with Crippen molar-refractivity contribution in [1.82, 2.24) is 4.90 Å². The molecule has 1 atom stereocenters. The van der Waals surface area contributed by atoms with Gasteiger partial charge in [-0.15, -0.1) is 0 Å². The Bertz CT molecular complexity index is 929. The van der Waals surface area contributed by atoms with Crippen LogP contribution in [0.5, 0.6) is 11.5 Å². The summed E-state index contributed by atoms with van der Waals surface area (Å²) >= 11 is 6.25. The molecule has 8 heteroatoms. The lowest BCUT2D eigenvalue weighted by atomic mass is 10.1. The molecule has 0 bridgehead atoms. The summed E-state index contributed by atoms with van der Waals surface area (Å²) in [6.07, 6.45) is 3.04. The number of non-ortho nitro benzene ring substituents is 1. The zero-order valence-corrected chi connectivity index (χ0v) is 17.5. The van der Waals surface area contributed by atoms with Crippen molar-refractivity contribution in [2.24, 2.45) is 0 Å². The van der Waals surface area contributed by atoms with Crippen molar-refractivity contribution in [2.75, 3.05) is 20.8 Å². The fourth-order valence-electron chi connectivity index (χ4n) is 2.72. The van der Waals surface area contributed by atoms with Crippen molar-refractivity contribution in [3.63, 3.8) is 0 Å². The second-order valence-electron chi connectivity index (χ2n) is 6.28. The highest BCUT2D eigenvalue weighted by Crippen LogP contribution is 2.36. The maximum absolute atomic E-state index is 12.6. The monoisotopic (exact) mass is 418 g/mol. The first kappa shape index (κ1) is 22.2. The highest BCUT2D eigenvalue weighted by Gasteiger charge is 2.18. The summed E-state index contributed by atoms with van der Waals surface area (Å²) in [5.74, 6) is 0.675. The summed E-state index contributed by atoms with van der Waals surface area (Å²) in [5.41, 5.74) is 1.34. The smallest absolute Gasteiger partial charge is 0.269 e. The van der Waals surface area contributed by atoms with E-state index < -0.39 is 4.92 Å². The molecule has 154 valence electrons. The van der Waals surface area contributed by atoms with Crippen LogP contribution in [0, 0.1) is 10.1 Å². The molecule has 0 aromatic heterocycles. The van der Waals surface area contributed by atoms with E-state index in [1.165, 1.54) is 30.2 Å². The number of likely N-dealkylation sites (N-methyl/N-ethyl adjacent to an activating group) is 1. The van der Waals surface area contributed by atoms with E-state index in [-0.39, 0.29) is 17.6 Å². The maximum atomic E-state index is 12.6. The summed E-state index contributed by atoms with van der Waals surface area (Å²) in [6, 6.07) is 9.31. The van der Waals surface area contributed by atoms with Crippen LogP contribution in [0.15, 0.2) is 42.5 Å². The minimum absolute atomic E-state index is 0.0122. The molecular weight excluding hydrogens is 396 g/mol. The minimum atomic E-state index is -0.457. The molecule has 0 saturated heterocycles. The molecule has 0 saturated carbocycles. The summed E-state index contributed by atoms with van der Waals surface area (Å²) in [5, 5.41) is 11.4. The van der Waals surface area contributed by atoms with Crippen molar-refractivity contribution in [1.29, 1.82) is 0 Å². The van der Waals surface area contributed by atoms with Crippen molar-refractivity contribution in [3.05, 3.63) is 68.7 Å². The molecule has 29 heavy (non-hydrogen) atoms. The lowest BCUT2D eigenvalue weighted by Crippen LogP contribution is -2.28. The van der Waals surface area contributed by atoms with E-state index in [0.29, 0.717) is 34.3 Å². The van der Waals surface area contributed by atoms with Crippen LogP contribution in [-0.4, -0.2) is 36.5 Å². The van der Waals surface area contributed by atoms with Gasteiger partial charge in [0, 0.05) is 25.3 Å². The molecule has 0 unspecified atom stereocenters. The Kier molecular flexibility index (Phi) is 7.61. The number of rotatable bonds is 8. The third-order valence-electron chi connectivity index (χ3n) is 4.45. The predicted molar refractivity (Wildman–Crippen MR) is 112 cm³/mol. The number of nitrogens with zero attached hydrogens (tertiary/aromatic N) is 2. The Balaban J connectivity index is 2.18. The second-order valence-corrected chi connectivity index (χ2v) is 6.68. The van der Waals surface area contributed by atoms with Crippen molar-refractivity contribution in [2.45, 2.75) is 19.9 Å². The van der Waals surface area contributed by atoms with E-state index in [9.17, 15) is 14.9 Å². The third kappa shape index (κ3) is 5.48. The molecule has 0 radical (unpaired) electrons. The standard InChI is InChI=1S/C21H23ClN2O5/c1-5-29-21-18(22)11-15(12-19(21)28-4)9-10-20(25)23(3)14(2)16-7-6-8-17(13-16)24(26)27/h6-14H,5H2,1-4H3/b10-9+/t14-/m1/s1. The van der Waals surface area contributed by atoms with Crippen LogP contribution in [0.2, 0.25) is 5.02 Å². The van der Waals surface area contributed by atoms with E-state index >= 15 is 0 Å². The largest absolute Gasteiger partial charge is 0.493 e. The number of methoxy groups -OCH3 is 1. The highest BCUT2D eigenvalue weighted by atomic mass is 35.5. The quantitative estimate of drug-likeness (QED) is 0.346. The highest BCUT2D eigenvalue weighted by molar-refractivity contribution is 6.32. The molecule has 2 aromatic carbocycles. The molecule has 0 spiro atoms. The van der Waals surface area contributed by atoms with Gasteiger partial charge in [-0.1, -0.05) is 23.7 Å². The molecule has 0 heterocycles. The third-order valence-corrected chi connectivity index (χ3v) is 4.73. The SMILES string of the molecule is CCOc1c(Cl)cc(/C=C/C(=O)N(C)[C@H](C)c2cccc([N+](=O)[O-])c2)cc1OC. The second kappa shape index (κ2) is 9.93. The van der Waals surface area contributed by atoms with Gasteiger partial charge >= 0.3 is 0 Å². The number of ether oxygens (including phenoxy) is 2. The summed E-state index contributed by atoms with van der Waals surface area (Å²) < 4.78 is 10.8. The predicted octanol–water partition coefficient (Wildman–Crippen LogP) is 4.89. The van der Waals surface area contributed by atoms with Gasteiger partial charge in [0.25, 0.3) is 5.69 Å². The van der Waals surface area contributed by atoms with Gasteiger partial charge in [0.2, 0.25) is 5.91 Å². The number of halogens is 1. The number of nitro groups is 1. The van der Waals surface area contributed by atoms with Crippen LogP contribution in [0.25, 0.3) is 6.08 Å². The van der Waals surface area contributed by atoms with E-state index in [2.05, 4.69) is 0 Å². The normalized spacial score (nSPS) is 11.9. The van der Waals surface area contributed by atoms with E-state index in [0.717, 1.165) is 0 Å². The van der Waals surface area contributed by atoms with Crippen molar-refractivity contribution < 1.29 is 19.2 Å². The van der Waals surface area contributed by atoms with Crippen LogP contribution in [0.3, 0.4) is 0 Å². The van der Waals surface area contributed by atoms with Gasteiger partial charge in [-0.2, -0.15) is 0 Å². The number of carbonyl (C=O) groups is 1. The zero-order valence-electron chi connectivity index (χ0n) is 16.7. The first-order valence-electron chi connectivity index (χ1n) is 8.98. The van der Waals surface area contributed by atoms with Gasteiger partial charge in [0.15, 0.2) is 11.5 Å². The van der Waals surface area contributed by atoms with E-state index in [4.69, 9.17) is 21.1 Å². The topological polar surface area (TPSA) is 81.9 Å². The molecule has 0 N–H and O–H groups in total. The van der Waals surface area contributed by atoms with Crippen LogP contribution in [0.4, 0.5) is 5.69 Å². The Morgan fingerprint density at radius 1 is 1.34 bits per heavy atom. The Hall–Kier alpha value is -3.06. The lowest BCUT2D eigenvalue weighted by Gasteiger charge is -2.24. The van der Waals surface area contributed by atoms with Crippen LogP contribution in [-0.2, 0) is 4.79 Å². The molecule has 0 aliphatic carbocycles. The van der Waals surface area contributed by atoms with Gasteiger partial charge in [0.05, 0.1) is 29.7 Å². The Morgan fingerprint density at radius 3 is 2.69 bits per heavy atom. The average Bonchev–Trinajstić information content (AvgIpc) is 2.72. The van der Waals surface area contributed by atoms with Gasteiger partial charge in [-0.3, -0.25) is 14.9 Å². The fourth-order valence-corrected chi connectivity index (χ4v) is 2.99. The van der Waals surface area contributed by atoms with Gasteiger partial charge in [-0.25, -0.2) is 0 Å². The summed E-state index contributed by atoms with van der Waals surface area (Å²) in [6.45, 7) is 4.10. The number of nitro benzene ring substituents is 1. The summed E-state index contributed by atoms with van der Waals surface area (Å²) in [7, 11) is 3.16. The molecule has 0 aliphatic rings. The fraction of sp³-hybridized carbons (Fsp3) is 0.286. The Labute approximate surface area is 174 Å². The van der Waals surface area contributed by atoms with E-state index in [1.807, 2.05) is 13.8 Å². The van der Waals surface area contributed by atoms with Gasteiger partial charge < -0.3 is 14.4 Å². The molecular formula is C21H23ClN2O5. The first-order valence-corrected chi connectivity index (χ1v) is 9.35. The average molecular weight is 419 g/mol. The van der Waals surface area contributed by atoms with Crippen LogP contribution >= 0.6 is 11.6 Å². The molecule has 0 aliphatic heterocycles.